The fraction of sp³-hybridized carbons (Fsp3) is 0.462. The molecule has 0 aliphatic rings. The zero-order valence-electron chi connectivity index (χ0n) is 10.8. The van der Waals surface area contributed by atoms with E-state index in [0.717, 1.165) is 24.3 Å². The van der Waals surface area contributed by atoms with E-state index in [9.17, 15) is 4.79 Å². The molecule has 17 heavy (non-hydrogen) atoms. The number of amides is 1. The number of nitrogens with one attached hydrogen (secondary N) is 1. The largest absolute Gasteiger partial charge is 0.397 e. The molecular formula is C13H21N3O. The van der Waals surface area contributed by atoms with Crippen molar-refractivity contribution in [1.82, 2.24) is 4.90 Å². The first kappa shape index (κ1) is 13.4. The van der Waals surface area contributed by atoms with Crippen molar-refractivity contribution in [3.05, 3.63) is 23.8 Å². The quantitative estimate of drug-likeness (QED) is 0.766. The Morgan fingerprint density at radius 3 is 2.53 bits per heavy atom. The lowest BCUT2D eigenvalue weighted by Crippen LogP contribution is -2.35. The number of likely N-dealkylation sites (N-methyl/N-ethyl adjacent to an activating group) is 1. The molecule has 0 saturated carbocycles. The fourth-order valence-electron chi connectivity index (χ4n) is 1.70. The molecule has 0 atom stereocenters. The van der Waals surface area contributed by atoms with Gasteiger partial charge < -0.3 is 16.0 Å². The maximum Gasteiger partial charge on any atom is 0.241 e. The molecule has 0 radical (unpaired) electrons. The summed E-state index contributed by atoms with van der Waals surface area (Å²) in [5.74, 6) is 0.0926. The van der Waals surface area contributed by atoms with E-state index in [0.29, 0.717) is 5.69 Å². The highest BCUT2D eigenvalue weighted by molar-refractivity contribution is 5.82. The van der Waals surface area contributed by atoms with Crippen molar-refractivity contribution < 1.29 is 4.79 Å². The number of nitrogens with zero attached hydrogens (tertiary/aromatic N) is 1. The Hall–Kier alpha value is -1.71. The van der Waals surface area contributed by atoms with Gasteiger partial charge in [-0.3, -0.25) is 4.79 Å². The first-order valence-electron chi connectivity index (χ1n) is 5.96. The summed E-state index contributed by atoms with van der Waals surface area (Å²) in [6.45, 7) is 7.69. The van der Waals surface area contributed by atoms with Gasteiger partial charge in [-0.1, -0.05) is 6.07 Å². The van der Waals surface area contributed by atoms with Gasteiger partial charge in [-0.05, 0) is 38.5 Å². The van der Waals surface area contributed by atoms with Gasteiger partial charge in [0.25, 0.3) is 0 Å². The van der Waals surface area contributed by atoms with Crippen LogP contribution in [0, 0.1) is 6.92 Å². The van der Waals surface area contributed by atoms with Crippen LogP contribution in [0.2, 0.25) is 0 Å². The minimum Gasteiger partial charge on any atom is -0.397 e. The lowest BCUT2D eigenvalue weighted by Gasteiger charge is -2.19. The van der Waals surface area contributed by atoms with Crippen molar-refractivity contribution in [3.63, 3.8) is 0 Å². The third-order valence-electron chi connectivity index (χ3n) is 2.75. The topological polar surface area (TPSA) is 58.4 Å². The Labute approximate surface area is 103 Å². The third-order valence-corrected chi connectivity index (χ3v) is 2.75. The number of rotatable bonds is 5. The van der Waals surface area contributed by atoms with Gasteiger partial charge in [0.1, 0.15) is 0 Å². The Bertz CT molecular complexity index is 386. The second-order valence-electron chi connectivity index (χ2n) is 4.01. The zero-order valence-corrected chi connectivity index (χ0v) is 10.8. The molecule has 94 valence electrons. The van der Waals surface area contributed by atoms with Gasteiger partial charge in [0.05, 0.1) is 17.9 Å². The zero-order chi connectivity index (χ0) is 12.8. The number of hydrogen-bond donors (Lipinski definition) is 2. The molecule has 0 saturated heterocycles. The summed E-state index contributed by atoms with van der Waals surface area (Å²) in [6, 6.07) is 5.77. The molecule has 1 rings (SSSR count). The summed E-state index contributed by atoms with van der Waals surface area (Å²) in [5, 5.41) is 3.07. The minimum atomic E-state index is 0.0926. The monoisotopic (exact) mass is 235 g/mol. The normalized spacial score (nSPS) is 10.1. The molecule has 4 heteroatoms. The Morgan fingerprint density at radius 2 is 2.00 bits per heavy atom. The van der Waals surface area contributed by atoms with Crippen LogP contribution in [0.25, 0.3) is 0 Å². The van der Waals surface area contributed by atoms with Gasteiger partial charge in [0.15, 0.2) is 0 Å². The maximum absolute atomic E-state index is 11.8. The van der Waals surface area contributed by atoms with Gasteiger partial charge in [-0.15, -0.1) is 0 Å². The smallest absolute Gasteiger partial charge is 0.241 e. The summed E-state index contributed by atoms with van der Waals surface area (Å²) < 4.78 is 0. The van der Waals surface area contributed by atoms with Crippen LogP contribution >= 0.6 is 0 Å². The van der Waals surface area contributed by atoms with Gasteiger partial charge in [-0.2, -0.15) is 0 Å². The fourth-order valence-corrected chi connectivity index (χ4v) is 1.70. The SMILES string of the molecule is CCN(CC)C(=O)CNc1ccc(C)cc1N. The van der Waals surface area contributed by atoms with E-state index in [-0.39, 0.29) is 12.5 Å². The molecular weight excluding hydrogens is 214 g/mol. The Kier molecular flexibility index (Phi) is 4.82. The average molecular weight is 235 g/mol. The summed E-state index contributed by atoms with van der Waals surface area (Å²) >= 11 is 0. The number of aryl methyl sites for hydroxylation is 1. The lowest BCUT2D eigenvalue weighted by atomic mass is 10.2. The number of anilines is 2. The summed E-state index contributed by atoms with van der Waals surface area (Å²) in [5.41, 5.74) is 8.47. The minimum absolute atomic E-state index is 0.0926. The van der Waals surface area contributed by atoms with Crippen LogP contribution in [0.15, 0.2) is 18.2 Å². The molecule has 0 fully saturated rings. The summed E-state index contributed by atoms with van der Waals surface area (Å²) in [4.78, 5) is 13.6. The van der Waals surface area contributed by atoms with E-state index >= 15 is 0 Å². The summed E-state index contributed by atoms with van der Waals surface area (Å²) in [6.07, 6.45) is 0. The number of nitrogens with two attached hydrogens (primary N) is 1. The molecule has 0 heterocycles. The molecule has 4 nitrogen and oxygen atoms in total. The van der Waals surface area contributed by atoms with E-state index < -0.39 is 0 Å². The molecule has 1 aromatic carbocycles. The molecule has 0 aliphatic heterocycles. The first-order valence-corrected chi connectivity index (χ1v) is 5.96. The van der Waals surface area contributed by atoms with E-state index in [2.05, 4.69) is 5.32 Å². The molecule has 0 aliphatic carbocycles. The maximum atomic E-state index is 11.8. The van der Waals surface area contributed by atoms with Gasteiger partial charge in [0, 0.05) is 13.1 Å². The van der Waals surface area contributed by atoms with Gasteiger partial charge >= 0.3 is 0 Å². The highest BCUT2D eigenvalue weighted by atomic mass is 16.2. The predicted octanol–water partition coefficient (Wildman–Crippen LogP) is 1.86. The highest BCUT2D eigenvalue weighted by Gasteiger charge is 2.09. The van der Waals surface area contributed by atoms with E-state index in [1.54, 1.807) is 4.90 Å². The molecule has 3 N–H and O–H groups in total. The van der Waals surface area contributed by atoms with Crippen LogP contribution in [0.4, 0.5) is 11.4 Å². The highest BCUT2D eigenvalue weighted by Crippen LogP contribution is 2.18. The van der Waals surface area contributed by atoms with Crippen LogP contribution in [-0.2, 0) is 4.79 Å². The Morgan fingerprint density at radius 1 is 1.35 bits per heavy atom. The predicted molar refractivity (Wildman–Crippen MR) is 72.0 cm³/mol. The van der Waals surface area contributed by atoms with Crippen molar-refractivity contribution in [3.8, 4) is 0 Å². The van der Waals surface area contributed by atoms with E-state index in [4.69, 9.17) is 5.73 Å². The molecule has 0 unspecified atom stereocenters. The van der Waals surface area contributed by atoms with Crippen molar-refractivity contribution in [1.29, 1.82) is 0 Å². The number of carbonyl (C=O) groups is 1. The van der Waals surface area contributed by atoms with Crippen LogP contribution in [0.3, 0.4) is 0 Å². The van der Waals surface area contributed by atoms with E-state index in [1.165, 1.54) is 0 Å². The van der Waals surface area contributed by atoms with Gasteiger partial charge in [-0.25, -0.2) is 0 Å². The lowest BCUT2D eigenvalue weighted by molar-refractivity contribution is -0.128. The van der Waals surface area contributed by atoms with Crippen molar-refractivity contribution in [2.24, 2.45) is 0 Å². The van der Waals surface area contributed by atoms with Crippen molar-refractivity contribution in [2.75, 3.05) is 30.7 Å². The van der Waals surface area contributed by atoms with Crippen LogP contribution < -0.4 is 11.1 Å². The van der Waals surface area contributed by atoms with Crippen molar-refractivity contribution in [2.45, 2.75) is 20.8 Å². The van der Waals surface area contributed by atoms with E-state index in [1.807, 2.05) is 39.0 Å². The van der Waals surface area contributed by atoms with Crippen LogP contribution in [0.1, 0.15) is 19.4 Å². The first-order chi connectivity index (χ1) is 8.08. The number of benzene rings is 1. The van der Waals surface area contributed by atoms with Crippen LogP contribution in [0.5, 0.6) is 0 Å². The Balaban J connectivity index is 2.58. The second-order valence-corrected chi connectivity index (χ2v) is 4.01. The number of hydrogen-bond acceptors (Lipinski definition) is 3. The standard InChI is InChI=1S/C13H21N3O/c1-4-16(5-2)13(17)9-15-12-7-6-10(3)8-11(12)14/h6-8,15H,4-5,9,14H2,1-3H3. The van der Waals surface area contributed by atoms with Gasteiger partial charge in [0.2, 0.25) is 5.91 Å². The molecule has 0 bridgehead atoms. The number of nitrogen functional groups attached to an aromatic ring is 1. The summed E-state index contributed by atoms with van der Waals surface area (Å²) in [7, 11) is 0. The molecule has 1 amide bonds. The third kappa shape index (κ3) is 3.66. The second kappa shape index (κ2) is 6.13. The molecule has 0 spiro atoms. The van der Waals surface area contributed by atoms with Crippen LogP contribution in [-0.4, -0.2) is 30.4 Å². The molecule has 0 aromatic heterocycles. The molecule has 1 aromatic rings. The van der Waals surface area contributed by atoms with Crippen molar-refractivity contribution >= 4 is 17.3 Å². The number of carbonyl (C=O) groups excluding carboxylic acids is 1. The average Bonchev–Trinajstić information content (AvgIpc) is 2.29.